The molecule has 0 aromatic rings. The van der Waals surface area contributed by atoms with Gasteiger partial charge in [-0.25, -0.2) is 4.79 Å². The summed E-state index contributed by atoms with van der Waals surface area (Å²) in [4.78, 5) is 15.2. The molecule has 8 atom stereocenters. The summed E-state index contributed by atoms with van der Waals surface area (Å²) in [6.45, 7) is 14.9. The number of amides is 1. The molecule has 1 amide bonds. The van der Waals surface area contributed by atoms with E-state index < -0.39 is 0 Å². The smallest absolute Gasteiger partial charge is 0.407 e. The Kier molecular flexibility index (Phi) is 12.1. The SMILES string of the molecule is CC(C)CCC[C@@H](C)[C@H]1CC[C@@H]2[C@@H]3CC=C4C[C@@H](OC(=O)NCCOCCOCCN=[N+]=[N-])CC[C@]4(C)[C@H]3CC[C@@]21C. The Hall–Kier alpha value is -1.76. The first kappa shape index (κ1) is 33.1. The lowest BCUT2D eigenvalue weighted by atomic mass is 9.47. The van der Waals surface area contributed by atoms with Gasteiger partial charge in [-0.15, -0.1) is 0 Å². The largest absolute Gasteiger partial charge is 0.446 e. The average molecular weight is 587 g/mol. The van der Waals surface area contributed by atoms with Gasteiger partial charge in [-0.3, -0.25) is 0 Å². The molecule has 0 unspecified atom stereocenters. The number of nitrogens with one attached hydrogen (secondary N) is 1. The minimum atomic E-state index is -0.347. The Labute approximate surface area is 254 Å². The Morgan fingerprint density at radius 1 is 1.05 bits per heavy atom. The maximum Gasteiger partial charge on any atom is 0.407 e. The molecule has 0 aromatic carbocycles. The molecule has 8 heteroatoms. The van der Waals surface area contributed by atoms with Crippen molar-refractivity contribution in [2.75, 3.05) is 39.5 Å². The molecule has 3 fully saturated rings. The molecule has 1 N–H and O–H groups in total. The van der Waals surface area contributed by atoms with Gasteiger partial charge < -0.3 is 19.5 Å². The lowest BCUT2D eigenvalue weighted by molar-refractivity contribution is -0.0581. The number of rotatable bonds is 15. The highest BCUT2D eigenvalue weighted by Crippen LogP contribution is 2.67. The van der Waals surface area contributed by atoms with Gasteiger partial charge in [0, 0.05) is 24.4 Å². The van der Waals surface area contributed by atoms with E-state index in [9.17, 15) is 4.79 Å². The highest BCUT2D eigenvalue weighted by atomic mass is 16.6. The molecule has 42 heavy (non-hydrogen) atoms. The number of alkyl carbamates (subject to hydrolysis) is 1. The summed E-state index contributed by atoms with van der Waals surface area (Å²) in [5, 5.41) is 6.25. The van der Waals surface area contributed by atoms with Gasteiger partial charge in [0.05, 0.1) is 26.4 Å². The minimum absolute atomic E-state index is 0.0392. The second-order valence-corrected chi connectivity index (χ2v) is 14.7. The molecule has 0 spiro atoms. The van der Waals surface area contributed by atoms with Gasteiger partial charge in [0.25, 0.3) is 0 Å². The molecule has 0 aromatic heterocycles. The molecule has 0 heterocycles. The van der Waals surface area contributed by atoms with Crippen LogP contribution in [0.1, 0.15) is 105 Å². The number of hydrogen-bond acceptors (Lipinski definition) is 5. The van der Waals surface area contributed by atoms with Crippen molar-refractivity contribution in [3.63, 3.8) is 0 Å². The predicted octanol–water partition coefficient (Wildman–Crippen LogP) is 8.47. The number of fused-ring (bicyclic) bond motifs is 5. The molecule has 0 saturated heterocycles. The molecule has 238 valence electrons. The van der Waals surface area contributed by atoms with Crippen molar-refractivity contribution in [3.05, 3.63) is 22.1 Å². The van der Waals surface area contributed by atoms with Crippen LogP contribution in [-0.4, -0.2) is 51.7 Å². The summed E-state index contributed by atoms with van der Waals surface area (Å²) in [5.41, 5.74) is 10.6. The lowest BCUT2D eigenvalue weighted by Crippen LogP contribution is -2.51. The van der Waals surface area contributed by atoms with Gasteiger partial charge >= 0.3 is 6.09 Å². The van der Waals surface area contributed by atoms with Crippen molar-refractivity contribution in [3.8, 4) is 0 Å². The minimum Gasteiger partial charge on any atom is -0.446 e. The second kappa shape index (κ2) is 15.3. The second-order valence-electron chi connectivity index (χ2n) is 14.7. The molecule has 0 aliphatic heterocycles. The Morgan fingerprint density at radius 3 is 2.60 bits per heavy atom. The molecule has 0 bridgehead atoms. The summed E-state index contributed by atoms with van der Waals surface area (Å²) in [6.07, 6.45) is 16.1. The van der Waals surface area contributed by atoms with Gasteiger partial charge in [0.2, 0.25) is 0 Å². The fraction of sp³-hybridized carbons (Fsp3) is 0.912. The zero-order valence-corrected chi connectivity index (χ0v) is 27.1. The van der Waals surface area contributed by atoms with E-state index >= 15 is 0 Å². The first-order chi connectivity index (χ1) is 20.2. The Balaban J connectivity index is 1.22. The standard InChI is InChI=1S/C34H58N4O4/c1-24(2)7-6-8-25(3)29-11-12-30-28-10-9-26-23-27(13-15-33(26,4)31(28)14-16-34(29,30)5)42-32(39)36-17-19-40-21-22-41-20-18-37-38-35/h9,24-25,27-31H,6-8,10-23H2,1-5H3,(H,36,39)/t25-,27+,28+,29-,30-,31+,33+,34-/m1/s1. The van der Waals surface area contributed by atoms with E-state index in [1.165, 1.54) is 51.4 Å². The summed E-state index contributed by atoms with van der Waals surface area (Å²) < 4.78 is 16.7. The van der Waals surface area contributed by atoms with E-state index in [0.717, 1.165) is 54.8 Å². The van der Waals surface area contributed by atoms with Crippen molar-refractivity contribution < 1.29 is 19.0 Å². The molecule has 8 nitrogen and oxygen atoms in total. The molecule has 4 rings (SSSR count). The predicted molar refractivity (Wildman–Crippen MR) is 167 cm³/mol. The first-order valence-corrected chi connectivity index (χ1v) is 17.0. The van der Waals surface area contributed by atoms with Crippen LogP contribution in [-0.2, 0) is 14.2 Å². The summed E-state index contributed by atoms with van der Waals surface area (Å²) in [7, 11) is 0. The molecule has 4 aliphatic rings. The summed E-state index contributed by atoms with van der Waals surface area (Å²) >= 11 is 0. The normalized spacial score (nSPS) is 34.4. The van der Waals surface area contributed by atoms with Crippen molar-refractivity contribution in [1.82, 2.24) is 5.32 Å². The van der Waals surface area contributed by atoms with Gasteiger partial charge in [-0.05, 0) is 96.8 Å². The number of ether oxygens (including phenoxy) is 3. The van der Waals surface area contributed by atoms with E-state index in [-0.39, 0.29) is 17.6 Å². The topological polar surface area (TPSA) is 106 Å². The van der Waals surface area contributed by atoms with E-state index in [1.54, 1.807) is 5.57 Å². The number of azide groups is 1. The third-order valence-corrected chi connectivity index (χ3v) is 11.8. The lowest BCUT2D eigenvalue weighted by Gasteiger charge is -2.58. The van der Waals surface area contributed by atoms with Crippen molar-refractivity contribution in [2.24, 2.45) is 51.5 Å². The molecular formula is C34H58N4O4. The number of hydrogen-bond donors (Lipinski definition) is 1. The van der Waals surface area contributed by atoms with Crippen LogP contribution in [0.3, 0.4) is 0 Å². The third-order valence-electron chi connectivity index (χ3n) is 11.8. The van der Waals surface area contributed by atoms with Crippen LogP contribution in [0.2, 0.25) is 0 Å². The maximum atomic E-state index is 12.5. The van der Waals surface area contributed by atoms with Crippen LogP contribution in [0.4, 0.5) is 4.79 Å². The summed E-state index contributed by atoms with van der Waals surface area (Å²) in [6, 6.07) is 0. The monoisotopic (exact) mass is 586 g/mol. The first-order valence-electron chi connectivity index (χ1n) is 17.0. The van der Waals surface area contributed by atoms with Gasteiger partial charge in [0.1, 0.15) is 6.10 Å². The molecule has 3 saturated carbocycles. The fourth-order valence-corrected chi connectivity index (χ4v) is 9.64. The van der Waals surface area contributed by atoms with E-state index in [2.05, 4.69) is 56.0 Å². The van der Waals surface area contributed by atoms with Crippen LogP contribution in [0.5, 0.6) is 0 Å². The van der Waals surface area contributed by atoms with Crippen LogP contribution in [0.15, 0.2) is 16.8 Å². The van der Waals surface area contributed by atoms with Gasteiger partial charge in [0.15, 0.2) is 0 Å². The highest BCUT2D eigenvalue weighted by molar-refractivity contribution is 5.67. The molecular weight excluding hydrogens is 528 g/mol. The van der Waals surface area contributed by atoms with Crippen molar-refractivity contribution in [1.29, 1.82) is 0 Å². The van der Waals surface area contributed by atoms with Crippen molar-refractivity contribution >= 4 is 6.09 Å². The van der Waals surface area contributed by atoms with E-state index in [0.29, 0.717) is 44.9 Å². The Bertz CT molecular complexity index is 965. The van der Waals surface area contributed by atoms with E-state index in [4.69, 9.17) is 19.7 Å². The van der Waals surface area contributed by atoms with Gasteiger partial charge in [-0.2, -0.15) is 0 Å². The third kappa shape index (κ3) is 7.84. The zero-order chi connectivity index (χ0) is 30.2. The van der Waals surface area contributed by atoms with Crippen LogP contribution < -0.4 is 5.32 Å². The van der Waals surface area contributed by atoms with Crippen LogP contribution >= 0.6 is 0 Å². The number of allylic oxidation sites excluding steroid dienone is 1. The van der Waals surface area contributed by atoms with Crippen LogP contribution in [0, 0.1) is 46.3 Å². The summed E-state index contributed by atoms with van der Waals surface area (Å²) in [5.74, 6) is 5.03. The maximum absolute atomic E-state index is 12.5. The number of carbonyl (C=O) groups is 1. The molecule has 0 radical (unpaired) electrons. The molecule has 4 aliphatic carbocycles. The fourth-order valence-electron chi connectivity index (χ4n) is 9.64. The number of nitrogens with zero attached hydrogens (tertiary/aromatic N) is 3. The Morgan fingerprint density at radius 2 is 1.83 bits per heavy atom. The zero-order valence-electron chi connectivity index (χ0n) is 27.1. The quantitative estimate of drug-likeness (QED) is 0.0683. The van der Waals surface area contributed by atoms with Crippen LogP contribution in [0.25, 0.3) is 10.4 Å². The highest BCUT2D eigenvalue weighted by Gasteiger charge is 2.59. The van der Waals surface area contributed by atoms with E-state index in [1.807, 2.05) is 0 Å². The average Bonchev–Trinajstić information content (AvgIpc) is 3.31. The van der Waals surface area contributed by atoms with Gasteiger partial charge in [-0.1, -0.05) is 70.6 Å². The van der Waals surface area contributed by atoms with Crippen molar-refractivity contribution in [2.45, 2.75) is 111 Å². The number of carbonyl (C=O) groups excluding carboxylic acids is 1.